The number of benzene rings is 1. The van der Waals surface area contributed by atoms with Gasteiger partial charge in [-0.05, 0) is 60.8 Å². The molecule has 4 fully saturated rings. The first-order chi connectivity index (χ1) is 11.5. The van der Waals surface area contributed by atoms with Crippen LogP contribution in [-0.4, -0.2) is 19.5 Å². The smallest absolute Gasteiger partial charge is 0.311 e. The number of hydrogen-bond donors (Lipinski definition) is 0. The van der Waals surface area contributed by atoms with E-state index in [1.807, 2.05) is 18.2 Å². The summed E-state index contributed by atoms with van der Waals surface area (Å²) < 4.78 is 31.3. The summed E-state index contributed by atoms with van der Waals surface area (Å²) in [6.45, 7) is 0. The van der Waals surface area contributed by atoms with Crippen LogP contribution in [0, 0.1) is 23.2 Å². The molecule has 0 amide bonds. The summed E-state index contributed by atoms with van der Waals surface area (Å²) in [6, 6.07) is 10.4. The van der Waals surface area contributed by atoms with E-state index < -0.39 is 11.8 Å². The van der Waals surface area contributed by atoms with E-state index in [4.69, 9.17) is 4.74 Å². The van der Waals surface area contributed by atoms with Crippen molar-refractivity contribution in [2.24, 2.45) is 23.2 Å². The monoisotopic (exact) mass is 334 g/mol. The van der Waals surface area contributed by atoms with E-state index in [1.54, 1.807) is 0 Å². The molecule has 4 aliphatic rings. The fourth-order valence-electron chi connectivity index (χ4n) is 6.42. The number of ether oxygens (including phenoxy) is 1. The standard InChI is InChI=1S/C20H24F2O2/c1-24-18(23)20-10-13-8-19(12-20,15-5-3-2-4-6-15)9-14(11-20)16(13)7-17(21)22/h2-6,13-14,16-17H,7-12H2,1H3. The normalized spacial score (nSPS) is 40.1. The van der Waals surface area contributed by atoms with Gasteiger partial charge < -0.3 is 4.74 Å². The molecule has 0 aromatic heterocycles. The molecule has 1 aromatic rings. The van der Waals surface area contributed by atoms with Crippen LogP contribution in [0.25, 0.3) is 0 Å². The van der Waals surface area contributed by atoms with Crippen LogP contribution >= 0.6 is 0 Å². The van der Waals surface area contributed by atoms with E-state index >= 15 is 0 Å². The molecule has 2 unspecified atom stereocenters. The number of hydrogen-bond acceptors (Lipinski definition) is 2. The van der Waals surface area contributed by atoms with Gasteiger partial charge in [0.05, 0.1) is 12.5 Å². The van der Waals surface area contributed by atoms with Crippen molar-refractivity contribution < 1.29 is 18.3 Å². The molecule has 0 N–H and O–H groups in total. The van der Waals surface area contributed by atoms with Gasteiger partial charge in [0.15, 0.2) is 0 Å². The van der Waals surface area contributed by atoms with Gasteiger partial charge in [-0.3, -0.25) is 4.79 Å². The van der Waals surface area contributed by atoms with Gasteiger partial charge in [-0.1, -0.05) is 30.3 Å². The fourth-order valence-corrected chi connectivity index (χ4v) is 6.42. The van der Waals surface area contributed by atoms with Gasteiger partial charge in [0.2, 0.25) is 6.43 Å². The molecule has 0 radical (unpaired) electrons. The molecule has 24 heavy (non-hydrogen) atoms. The highest BCUT2D eigenvalue weighted by molar-refractivity contribution is 5.78. The van der Waals surface area contributed by atoms with Crippen LogP contribution in [0.5, 0.6) is 0 Å². The third-order valence-electron chi connectivity index (χ3n) is 6.95. The summed E-state index contributed by atoms with van der Waals surface area (Å²) in [7, 11) is 1.45. The maximum atomic E-state index is 13.1. The zero-order valence-electron chi connectivity index (χ0n) is 14.0. The van der Waals surface area contributed by atoms with Crippen LogP contribution in [-0.2, 0) is 14.9 Å². The second-order valence-electron chi connectivity index (χ2n) is 8.22. The number of alkyl halides is 2. The molecule has 4 bridgehead atoms. The van der Waals surface area contributed by atoms with Crippen molar-refractivity contribution in [2.75, 3.05) is 7.11 Å². The summed E-state index contributed by atoms with van der Waals surface area (Å²) in [5.74, 6) is 0.340. The van der Waals surface area contributed by atoms with Crippen LogP contribution in [0.3, 0.4) is 0 Å². The molecule has 4 heteroatoms. The summed E-state index contributed by atoms with van der Waals surface area (Å²) in [5, 5.41) is 0. The first-order valence-corrected chi connectivity index (χ1v) is 8.90. The lowest BCUT2D eigenvalue weighted by atomic mass is 9.40. The Kier molecular flexibility index (Phi) is 3.70. The Bertz CT molecular complexity index is 612. The van der Waals surface area contributed by atoms with Crippen molar-refractivity contribution in [3.63, 3.8) is 0 Å². The van der Waals surface area contributed by atoms with Gasteiger partial charge in [-0.2, -0.15) is 0 Å². The third kappa shape index (κ3) is 2.29. The van der Waals surface area contributed by atoms with Crippen LogP contribution < -0.4 is 0 Å². The zero-order valence-corrected chi connectivity index (χ0v) is 14.0. The number of rotatable bonds is 4. The molecule has 130 valence electrons. The van der Waals surface area contributed by atoms with Crippen LogP contribution in [0.15, 0.2) is 30.3 Å². The topological polar surface area (TPSA) is 26.3 Å². The van der Waals surface area contributed by atoms with E-state index in [9.17, 15) is 13.6 Å². The molecule has 2 atom stereocenters. The number of carbonyl (C=O) groups is 1. The molecular formula is C20H24F2O2. The Hall–Kier alpha value is -1.45. The average molecular weight is 334 g/mol. The predicted molar refractivity (Wildman–Crippen MR) is 86.7 cm³/mol. The third-order valence-corrected chi connectivity index (χ3v) is 6.95. The van der Waals surface area contributed by atoms with Crippen LogP contribution in [0.1, 0.15) is 44.1 Å². The minimum atomic E-state index is -2.26. The summed E-state index contributed by atoms with van der Waals surface area (Å²) in [6.07, 6.45) is 1.86. The Morgan fingerprint density at radius 1 is 1.17 bits per heavy atom. The Labute approximate surface area is 141 Å². The van der Waals surface area contributed by atoms with Gasteiger partial charge in [0.1, 0.15) is 0 Å². The number of carbonyl (C=O) groups excluding carboxylic acids is 1. The predicted octanol–water partition coefficient (Wildman–Crippen LogP) is 4.58. The summed E-state index contributed by atoms with van der Waals surface area (Å²) in [4.78, 5) is 12.6. The van der Waals surface area contributed by atoms with Crippen molar-refractivity contribution in [1.29, 1.82) is 0 Å². The lowest BCUT2D eigenvalue weighted by Crippen LogP contribution is -2.60. The SMILES string of the molecule is COC(=O)C12CC3CC(c4ccccc4)(CC(C1)C3CC(F)F)C2. The molecule has 4 aliphatic carbocycles. The quantitative estimate of drug-likeness (QED) is 0.754. The maximum Gasteiger partial charge on any atom is 0.311 e. The molecule has 2 nitrogen and oxygen atoms in total. The van der Waals surface area contributed by atoms with Crippen LogP contribution in [0.2, 0.25) is 0 Å². The van der Waals surface area contributed by atoms with Gasteiger partial charge in [0.25, 0.3) is 0 Å². The first kappa shape index (κ1) is 16.0. The Morgan fingerprint density at radius 2 is 1.79 bits per heavy atom. The van der Waals surface area contributed by atoms with Crippen molar-refractivity contribution in [2.45, 2.75) is 50.4 Å². The zero-order chi connectivity index (χ0) is 16.9. The highest BCUT2D eigenvalue weighted by Crippen LogP contribution is 2.68. The molecule has 0 aliphatic heterocycles. The lowest BCUT2D eigenvalue weighted by molar-refractivity contribution is -0.180. The maximum absolute atomic E-state index is 13.1. The molecule has 0 saturated heterocycles. The number of halogens is 2. The van der Waals surface area contributed by atoms with Crippen molar-refractivity contribution in [3.8, 4) is 0 Å². The van der Waals surface area contributed by atoms with Crippen molar-refractivity contribution in [3.05, 3.63) is 35.9 Å². The van der Waals surface area contributed by atoms with E-state index in [1.165, 1.54) is 12.7 Å². The van der Waals surface area contributed by atoms with Gasteiger partial charge in [-0.25, -0.2) is 8.78 Å². The highest BCUT2D eigenvalue weighted by atomic mass is 19.3. The molecule has 5 rings (SSSR count). The number of esters is 1. The first-order valence-electron chi connectivity index (χ1n) is 8.90. The van der Waals surface area contributed by atoms with Gasteiger partial charge >= 0.3 is 5.97 Å². The second-order valence-corrected chi connectivity index (χ2v) is 8.22. The highest BCUT2D eigenvalue weighted by Gasteiger charge is 2.64. The molecule has 1 aromatic carbocycles. The molecule has 0 heterocycles. The van der Waals surface area contributed by atoms with Gasteiger partial charge in [-0.15, -0.1) is 0 Å². The van der Waals surface area contributed by atoms with Crippen molar-refractivity contribution >= 4 is 5.97 Å². The fraction of sp³-hybridized carbons (Fsp3) is 0.650. The summed E-state index contributed by atoms with van der Waals surface area (Å²) >= 11 is 0. The van der Waals surface area contributed by atoms with Gasteiger partial charge in [0, 0.05) is 6.42 Å². The minimum Gasteiger partial charge on any atom is -0.469 e. The lowest BCUT2D eigenvalue weighted by Gasteiger charge is -2.64. The van der Waals surface area contributed by atoms with Crippen molar-refractivity contribution in [1.82, 2.24) is 0 Å². The van der Waals surface area contributed by atoms with E-state index in [0.29, 0.717) is 0 Å². The summed E-state index contributed by atoms with van der Waals surface area (Å²) in [5.41, 5.74) is 0.762. The van der Waals surface area contributed by atoms with E-state index in [0.717, 1.165) is 32.1 Å². The number of methoxy groups -OCH3 is 1. The second kappa shape index (κ2) is 5.53. The molecule has 4 saturated carbocycles. The van der Waals surface area contributed by atoms with E-state index in [-0.39, 0.29) is 35.6 Å². The van der Waals surface area contributed by atoms with E-state index in [2.05, 4.69) is 12.1 Å². The largest absolute Gasteiger partial charge is 0.469 e. The molecule has 0 spiro atoms. The minimum absolute atomic E-state index is 0.0164. The Balaban J connectivity index is 1.74. The van der Waals surface area contributed by atoms with Crippen LogP contribution in [0.4, 0.5) is 8.78 Å². The Morgan fingerprint density at radius 3 is 2.33 bits per heavy atom. The average Bonchev–Trinajstić information content (AvgIpc) is 2.57. The molecular weight excluding hydrogens is 310 g/mol.